The SMILES string of the molecule is COc1cccc(C(=O)O)c1OCC1(O)CCCCC1. The lowest BCUT2D eigenvalue weighted by atomic mass is 9.85. The van der Waals surface area contributed by atoms with Gasteiger partial charge in [-0.3, -0.25) is 0 Å². The quantitative estimate of drug-likeness (QED) is 0.866. The molecule has 0 radical (unpaired) electrons. The molecular formula is C15H20O5. The molecule has 0 heterocycles. The van der Waals surface area contributed by atoms with Crippen LogP contribution < -0.4 is 9.47 Å². The van der Waals surface area contributed by atoms with Gasteiger partial charge < -0.3 is 19.7 Å². The van der Waals surface area contributed by atoms with Crippen LogP contribution in [0.1, 0.15) is 42.5 Å². The van der Waals surface area contributed by atoms with E-state index in [9.17, 15) is 15.0 Å². The van der Waals surface area contributed by atoms with Crippen molar-refractivity contribution in [1.29, 1.82) is 0 Å². The molecular weight excluding hydrogens is 260 g/mol. The van der Waals surface area contributed by atoms with E-state index in [1.807, 2.05) is 0 Å². The fourth-order valence-electron chi connectivity index (χ4n) is 2.55. The number of methoxy groups -OCH3 is 1. The molecule has 0 unspecified atom stereocenters. The van der Waals surface area contributed by atoms with Gasteiger partial charge in [-0.2, -0.15) is 0 Å². The van der Waals surface area contributed by atoms with Crippen molar-refractivity contribution in [2.24, 2.45) is 0 Å². The fraction of sp³-hybridized carbons (Fsp3) is 0.533. The Morgan fingerprint density at radius 2 is 2.00 bits per heavy atom. The first-order valence-corrected chi connectivity index (χ1v) is 6.81. The normalized spacial score (nSPS) is 17.5. The summed E-state index contributed by atoms with van der Waals surface area (Å²) in [6, 6.07) is 4.71. The first kappa shape index (κ1) is 14.7. The van der Waals surface area contributed by atoms with Crippen molar-refractivity contribution >= 4 is 5.97 Å². The summed E-state index contributed by atoms with van der Waals surface area (Å²) in [5.74, 6) is -0.527. The van der Waals surface area contributed by atoms with Crippen LogP contribution >= 0.6 is 0 Å². The van der Waals surface area contributed by atoms with Crippen LogP contribution in [0.2, 0.25) is 0 Å². The Kier molecular flexibility index (Phi) is 4.49. The monoisotopic (exact) mass is 280 g/mol. The summed E-state index contributed by atoms with van der Waals surface area (Å²) in [7, 11) is 1.46. The molecule has 0 bridgehead atoms. The molecule has 0 saturated heterocycles. The molecule has 5 nitrogen and oxygen atoms in total. The van der Waals surface area contributed by atoms with E-state index < -0.39 is 11.6 Å². The maximum absolute atomic E-state index is 11.2. The number of benzene rings is 1. The van der Waals surface area contributed by atoms with Crippen LogP contribution in [-0.4, -0.2) is 35.5 Å². The molecule has 0 aliphatic heterocycles. The summed E-state index contributed by atoms with van der Waals surface area (Å²) >= 11 is 0. The Labute approximate surface area is 118 Å². The second-order valence-electron chi connectivity index (χ2n) is 5.22. The highest BCUT2D eigenvalue weighted by molar-refractivity contribution is 5.92. The highest BCUT2D eigenvalue weighted by Crippen LogP contribution is 2.34. The topological polar surface area (TPSA) is 76.0 Å². The molecule has 0 aromatic heterocycles. The maximum Gasteiger partial charge on any atom is 0.339 e. The molecule has 1 saturated carbocycles. The molecule has 5 heteroatoms. The van der Waals surface area contributed by atoms with Gasteiger partial charge in [0.05, 0.1) is 12.7 Å². The van der Waals surface area contributed by atoms with Crippen LogP contribution in [0.4, 0.5) is 0 Å². The summed E-state index contributed by atoms with van der Waals surface area (Å²) < 4.78 is 10.7. The Morgan fingerprint density at radius 1 is 1.30 bits per heavy atom. The fourth-order valence-corrected chi connectivity index (χ4v) is 2.55. The second kappa shape index (κ2) is 6.13. The molecule has 2 rings (SSSR count). The highest BCUT2D eigenvalue weighted by atomic mass is 16.5. The van der Waals surface area contributed by atoms with Gasteiger partial charge in [0, 0.05) is 0 Å². The van der Waals surface area contributed by atoms with Gasteiger partial charge in [-0.25, -0.2) is 4.79 Å². The average molecular weight is 280 g/mol. The van der Waals surface area contributed by atoms with E-state index in [2.05, 4.69) is 0 Å². The van der Waals surface area contributed by atoms with Crippen molar-refractivity contribution in [2.75, 3.05) is 13.7 Å². The third kappa shape index (κ3) is 3.22. The maximum atomic E-state index is 11.2. The summed E-state index contributed by atoms with van der Waals surface area (Å²) in [4.78, 5) is 11.2. The number of carboxylic acid groups (broad SMARTS) is 1. The first-order chi connectivity index (χ1) is 9.56. The largest absolute Gasteiger partial charge is 0.493 e. The van der Waals surface area contributed by atoms with Crippen molar-refractivity contribution in [3.8, 4) is 11.5 Å². The molecule has 1 fully saturated rings. The Balaban J connectivity index is 2.17. The lowest BCUT2D eigenvalue weighted by Gasteiger charge is -2.32. The number of carboxylic acids is 1. The average Bonchev–Trinajstić information content (AvgIpc) is 2.45. The zero-order chi connectivity index (χ0) is 14.6. The lowest BCUT2D eigenvalue weighted by molar-refractivity contribution is -0.0346. The molecule has 1 aromatic carbocycles. The van der Waals surface area contributed by atoms with E-state index in [-0.39, 0.29) is 17.9 Å². The van der Waals surface area contributed by atoms with Crippen LogP contribution in [0.15, 0.2) is 18.2 Å². The van der Waals surface area contributed by atoms with E-state index in [1.165, 1.54) is 13.2 Å². The lowest BCUT2D eigenvalue weighted by Crippen LogP contribution is -2.38. The van der Waals surface area contributed by atoms with E-state index in [1.54, 1.807) is 12.1 Å². The number of hydrogen-bond acceptors (Lipinski definition) is 4. The summed E-state index contributed by atoms with van der Waals surface area (Å²) in [5.41, 5.74) is -0.821. The standard InChI is InChI=1S/C15H20O5/c1-19-12-7-5-6-11(14(16)17)13(12)20-10-15(18)8-3-2-4-9-15/h5-7,18H,2-4,8-10H2,1H3,(H,16,17). The number of aromatic carboxylic acids is 1. The van der Waals surface area contributed by atoms with Crippen molar-refractivity contribution < 1.29 is 24.5 Å². The van der Waals surface area contributed by atoms with Gasteiger partial charge in [0.25, 0.3) is 0 Å². The molecule has 2 N–H and O–H groups in total. The molecule has 1 aliphatic rings. The minimum absolute atomic E-state index is 0.0451. The Morgan fingerprint density at radius 3 is 2.60 bits per heavy atom. The van der Waals surface area contributed by atoms with E-state index in [0.29, 0.717) is 18.6 Å². The molecule has 110 valence electrons. The zero-order valence-corrected chi connectivity index (χ0v) is 11.6. The van der Waals surface area contributed by atoms with E-state index in [4.69, 9.17) is 9.47 Å². The molecule has 1 aliphatic carbocycles. The van der Waals surface area contributed by atoms with Crippen LogP contribution in [-0.2, 0) is 0 Å². The van der Waals surface area contributed by atoms with Crippen LogP contribution in [0.5, 0.6) is 11.5 Å². The minimum atomic E-state index is -1.07. The third-order valence-electron chi connectivity index (χ3n) is 3.70. The molecule has 1 aromatic rings. The minimum Gasteiger partial charge on any atom is -0.493 e. The van der Waals surface area contributed by atoms with Gasteiger partial charge in [-0.15, -0.1) is 0 Å². The van der Waals surface area contributed by atoms with Crippen molar-refractivity contribution in [1.82, 2.24) is 0 Å². The number of aliphatic hydroxyl groups is 1. The van der Waals surface area contributed by atoms with Crippen molar-refractivity contribution in [3.05, 3.63) is 23.8 Å². The summed E-state index contributed by atoms with van der Waals surface area (Å²) in [6.45, 7) is 0.0909. The van der Waals surface area contributed by atoms with Gasteiger partial charge in [-0.05, 0) is 25.0 Å². The molecule has 0 spiro atoms. The number of hydrogen-bond donors (Lipinski definition) is 2. The predicted molar refractivity (Wildman–Crippen MR) is 73.5 cm³/mol. The van der Waals surface area contributed by atoms with E-state index >= 15 is 0 Å². The molecule has 0 amide bonds. The van der Waals surface area contributed by atoms with Gasteiger partial charge >= 0.3 is 5.97 Å². The number of carbonyl (C=O) groups is 1. The molecule has 0 atom stereocenters. The molecule has 20 heavy (non-hydrogen) atoms. The Hall–Kier alpha value is -1.75. The Bertz CT molecular complexity index is 477. The van der Waals surface area contributed by atoms with Crippen LogP contribution in [0.3, 0.4) is 0 Å². The number of rotatable bonds is 5. The summed E-state index contributed by atoms with van der Waals surface area (Å²) in [6.07, 6.45) is 4.43. The van der Waals surface area contributed by atoms with Gasteiger partial charge in [0.2, 0.25) is 0 Å². The van der Waals surface area contributed by atoms with Crippen molar-refractivity contribution in [3.63, 3.8) is 0 Å². The van der Waals surface area contributed by atoms with E-state index in [0.717, 1.165) is 19.3 Å². The number of ether oxygens (including phenoxy) is 2. The van der Waals surface area contributed by atoms with Crippen LogP contribution in [0, 0.1) is 0 Å². The smallest absolute Gasteiger partial charge is 0.339 e. The predicted octanol–water partition coefficient (Wildman–Crippen LogP) is 2.47. The number of para-hydroxylation sites is 1. The van der Waals surface area contributed by atoms with Gasteiger partial charge in [0.15, 0.2) is 11.5 Å². The third-order valence-corrected chi connectivity index (χ3v) is 3.70. The zero-order valence-electron chi connectivity index (χ0n) is 11.6. The van der Waals surface area contributed by atoms with Crippen molar-refractivity contribution in [2.45, 2.75) is 37.7 Å². The first-order valence-electron chi connectivity index (χ1n) is 6.81. The van der Waals surface area contributed by atoms with Gasteiger partial charge in [0.1, 0.15) is 12.2 Å². The van der Waals surface area contributed by atoms with Gasteiger partial charge in [-0.1, -0.05) is 25.3 Å². The second-order valence-corrected chi connectivity index (χ2v) is 5.22. The van der Waals surface area contributed by atoms with Crippen LogP contribution in [0.25, 0.3) is 0 Å². The summed E-state index contributed by atoms with van der Waals surface area (Å²) in [5, 5.41) is 19.6. The highest BCUT2D eigenvalue weighted by Gasteiger charge is 2.31.